The molecule has 55 heavy (non-hydrogen) atoms. The zero-order chi connectivity index (χ0) is 36.0. The Morgan fingerprint density at radius 3 is 2.00 bits per heavy atom. The average Bonchev–Trinajstić information content (AvgIpc) is 3.61. The van der Waals surface area contributed by atoms with E-state index in [9.17, 15) is 0 Å². The van der Waals surface area contributed by atoms with E-state index >= 15 is 0 Å². The fourth-order valence-corrected chi connectivity index (χ4v) is 9.01. The van der Waals surface area contributed by atoms with Crippen molar-refractivity contribution in [3.8, 4) is 11.5 Å². The lowest BCUT2D eigenvalue weighted by molar-refractivity contribution is 0.488. The molecule has 0 saturated heterocycles. The molecule has 4 nitrogen and oxygen atoms in total. The lowest BCUT2D eigenvalue weighted by Gasteiger charge is -2.39. The number of furan rings is 1. The third kappa shape index (κ3) is 4.53. The van der Waals surface area contributed by atoms with Crippen LogP contribution in [0.2, 0.25) is 0 Å². The predicted molar refractivity (Wildman–Crippen MR) is 229 cm³/mol. The van der Waals surface area contributed by atoms with Gasteiger partial charge in [0.25, 0.3) is 6.71 Å². The molecule has 5 heteroatoms. The van der Waals surface area contributed by atoms with Crippen LogP contribution in [0.1, 0.15) is 0 Å². The zero-order valence-electron chi connectivity index (χ0n) is 29.7. The summed E-state index contributed by atoms with van der Waals surface area (Å²) in [6.45, 7) is 0.00195. The number of para-hydroxylation sites is 3. The molecule has 0 aliphatic carbocycles. The number of rotatable bonds is 4. The van der Waals surface area contributed by atoms with Crippen molar-refractivity contribution in [2.45, 2.75) is 0 Å². The Kier molecular flexibility index (Phi) is 6.40. The molecule has 3 heterocycles. The molecule has 0 fully saturated rings. The summed E-state index contributed by atoms with van der Waals surface area (Å²) in [5.74, 6) is 1.77. The standard InChI is InChI=1S/C50H31BN2O2/c1-3-14-35(15-4-1)52(37-24-22-32-12-7-8-13-33(32)28-37)38-25-27-39-34(29-38)23-26-40-41-30-48-43(31-47(41)55-50(39)40)51-42-18-9-10-19-44(42)53(36-16-5-2-6-17-36)45-20-11-21-46(54-48)49(45)51/h1-31H. The second kappa shape index (κ2) is 11.6. The van der Waals surface area contributed by atoms with Crippen LogP contribution in [0.25, 0.3) is 43.5 Å². The van der Waals surface area contributed by atoms with Crippen LogP contribution in [-0.2, 0) is 0 Å². The van der Waals surface area contributed by atoms with Gasteiger partial charge in [0.05, 0.1) is 0 Å². The lowest BCUT2D eigenvalue weighted by Crippen LogP contribution is -2.59. The van der Waals surface area contributed by atoms with Gasteiger partial charge in [-0.15, -0.1) is 0 Å². The van der Waals surface area contributed by atoms with E-state index in [0.717, 1.165) is 78.1 Å². The number of ether oxygens (including phenoxy) is 1. The van der Waals surface area contributed by atoms with Crippen LogP contribution >= 0.6 is 0 Å². The number of hydrogen-bond donors (Lipinski definition) is 0. The van der Waals surface area contributed by atoms with Gasteiger partial charge in [0.2, 0.25) is 0 Å². The average molecular weight is 703 g/mol. The predicted octanol–water partition coefficient (Wildman–Crippen LogP) is 11.8. The SMILES string of the molecule is c1ccc(N(c2ccc3ccccc3c2)c2ccc3c(ccc4c5cc6c(cc5oc34)B3c4ccccc4N(c4ccccc4)c4cccc(c43)O6)c2)cc1. The Hall–Kier alpha value is -7.24. The van der Waals surface area contributed by atoms with Gasteiger partial charge in [-0.25, -0.2) is 0 Å². The molecule has 2 aliphatic heterocycles. The highest BCUT2D eigenvalue weighted by Crippen LogP contribution is 2.44. The number of benzene rings is 9. The van der Waals surface area contributed by atoms with Gasteiger partial charge in [-0.2, -0.15) is 0 Å². The summed E-state index contributed by atoms with van der Waals surface area (Å²) in [4.78, 5) is 4.69. The molecule has 2 aliphatic rings. The monoisotopic (exact) mass is 702 g/mol. The summed E-state index contributed by atoms with van der Waals surface area (Å²) in [5.41, 5.74) is 12.0. The van der Waals surface area contributed by atoms with Crippen molar-refractivity contribution in [1.29, 1.82) is 0 Å². The Morgan fingerprint density at radius 1 is 0.436 bits per heavy atom. The van der Waals surface area contributed by atoms with Gasteiger partial charge in [0, 0.05) is 50.3 Å². The van der Waals surface area contributed by atoms with Crippen molar-refractivity contribution in [2.24, 2.45) is 0 Å². The molecule has 0 saturated carbocycles. The highest BCUT2D eigenvalue weighted by atomic mass is 16.5. The van der Waals surface area contributed by atoms with Crippen molar-refractivity contribution < 1.29 is 9.15 Å². The van der Waals surface area contributed by atoms with Gasteiger partial charge in [0.15, 0.2) is 0 Å². The molecule has 10 aromatic rings. The van der Waals surface area contributed by atoms with Gasteiger partial charge in [-0.1, -0.05) is 97.1 Å². The fourth-order valence-electron chi connectivity index (χ4n) is 9.01. The molecule has 0 atom stereocenters. The minimum absolute atomic E-state index is 0.00195. The van der Waals surface area contributed by atoms with Gasteiger partial charge in [-0.3, -0.25) is 0 Å². The van der Waals surface area contributed by atoms with Crippen molar-refractivity contribution in [1.82, 2.24) is 0 Å². The molecule has 0 radical (unpaired) electrons. The first-order valence-corrected chi connectivity index (χ1v) is 18.8. The molecular formula is C50H31BN2O2. The summed E-state index contributed by atoms with van der Waals surface area (Å²) in [6, 6.07) is 67.1. The topological polar surface area (TPSA) is 28.9 Å². The van der Waals surface area contributed by atoms with E-state index in [1.165, 1.54) is 27.4 Å². The molecule has 1 aromatic heterocycles. The number of hydrogen-bond acceptors (Lipinski definition) is 4. The lowest BCUT2D eigenvalue weighted by atomic mass is 9.34. The third-order valence-corrected chi connectivity index (χ3v) is 11.4. The van der Waals surface area contributed by atoms with Crippen LogP contribution < -0.4 is 30.9 Å². The van der Waals surface area contributed by atoms with Crippen molar-refractivity contribution in [3.63, 3.8) is 0 Å². The van der Waals surface area contributed by atoms with Crippen LogP contribution in [0.4, 0.5) is 34.1 Å². The summed E-state index contributed by atoms with van der Waals surface area (Å²) in [7, 11) is 0. The smallest absolute Gasteiger partial charge is 0.256 e. The molecule has 0 amide bonds. The maximum Gasteiger partial charge on any atom is 0.256 e. The second-order valence-electron chi connectivity index (χ2n) is 14.5. The van der Waals surface area contributed by atoms with Gasteiger partial charge < -0.3 is 19.0 Å². The molecule has 12 rings (SSSR count). The van der Waals surface area contributed by atoms with Crippen molar-refractivity contribution in [3.05, 3.63) is 188 Å². The minimum Gasteiger partial charge on any atom is -0.458 e. The minimum atomic E-state index is 0.00195. The summed E-state index contributed by atoms with van der Waals surface area (Å²) in [6.07, 6.45) is 0. The first-order valence-electron chi connectivity index (χ1n) is 18.8. The normalized spacial score (nSPS) is 12.8. The largest absolute Gasteiger partial charge is 0.458 e. The zero-order valence-corrected chi connectivity index (χ0v) is 29.7. The highest BCUT2D eigenvalue weighted by molar-refractivity contribution is 6.99. The number of fused-ring (bicyclic) bond motifs is 10. The van der Waals surface area contributed by atoms with E-state index in [-0.39, 0.29) is 6.71 Å². The van der Waals surface area contributed by atoms with E-state index in [1.54, 1.807) is 0 Å². The van der Waals surface area contributed by atoms with Crippen LogP contribution in [0, 0.1) is 0 Å². The van der Waals surface area contributed by atoms with Crippen LogP contribution in [-0.4, -0.2) is 6.71 Å². The van der Waals surface area contributed by atoms with E-state index < -0.39 is 0 Å². The molecule has 256 valence electrons. The molecule has 0 N–H and O–H groups in total. The Morgan fingerprint density at radius 2 is 1.13 bits per heavy atom. The van der Waals surface area contributed by atoms with Crippen molar-refractivity contribution >= 4 is 101 Å². The van der Waals surface area contributed by atoms with E-state index in [4.69, 9.17) is 9.15 Å². The molecule has 0 unspecified atom stereocenters. The van der Waals surface area contributed by atoms with Gasteiger partial charge in [0.1, 0.15) is 22.7 Å². The third-order valence-electron chi connectivity index (χ3n) is 11.4. The first-order chi connectivity index (χ1) is 27.3. The van der Waals surface area contributed by atoms with Gasteiger partial charge >= 0.3 is 0 Å². The van der Waals surface area contributed by atoms with E-state index in [1.807, 2.05) is 0 Å². The quantitative estimate of drug-likeness (QED) is 0.171. The van der Waals surface area contributed by atoms with Crippen LogP contribution in [0.5, 0.6) is 11.5 Å². The molecule has 0 spiro atoms. The first kappa shape index (κ1) is 30.2. The summed E-state index contributed by atoms with van der Waals surface area (Å²) < 4.78 is 13.7. The van der Waals surface area contributed by atoms with E-state index in [2.05, 4.69) is 198 Å². The highest BCUT2D eigenvalue weighted by Gasteiger charge is 2.42. The Balaban J connectivity index is 1.01. The maximum atomic E-state index is 6.88. The van der Waals surface area contributed by atoms with Gasteiger partial charge in [-0.05, 0) is 124 Å². The maximum absolute atomic E-state index is 6.88. The Labute approximate surface area is 318 Å². The second-order valence-corrected chi connectivity index (χ2v) is 14.5. The molecular weight excluding hydrogens is 671 g/mol. The fraction of sp³-hybridized carbons (Fsp3) is 0. The number of nitrogens with zero attached hydrogens (tertiary/aromatic N) is 2. The Bertz CT molecular complexity index is 3160. The summed E-state index contributed by atoms with van der Waals surface area (Å²) >= 11 is 0. The molecule has 9 aromatic carbocycles. The van der Waals surface area contributed by atoms with Crippen LogP contribution in [0.3, 0.4) is 0 Å². The number of anilines is 6. The van der Waals surface area contributed by atoms with Crippen molar-refractivity contribution in [2.75, 3.05) is 9.80 Å². The molecule has 0 bridgehead atoms. The summed E-state index contributed by atoms with van der Waals surface area (Å²) in [5, 5.41) is 6.76. The van der Waals surface area contributed by atoms with E-state index in [0.29, 0.717) is 0 Å². The van der Waals surface area contributed by atoms with Crippen LogP contribution in [0.15, 0.2) is 192 Å².